The van der Waals surface area contributed by atoms with E-state index in [1.54, 1.807) is 0 Å². The Balaban J connectivity index is 2.13. The Morgan fingerprint density at radius 2 is 2.15 bits per heavy atom. The summed E-state index contributed by atoms with van der Waals surface area (Å²) in [6.07, 6.45) is 2.20. The molecule has 0 saturated heterocycles. The van der Waals surface area contributed by atoms with Gasteiger partial charge in [-0.3, -0.25) is 4.79 Å². The van der Waals surface area contributed by atoms with E-state index in [1.165, 1.54) is 0 Å². The van der Waals surface area contributed by atoms with Gasteiger partial charge in [0.25, 0.3) is 5.56 Å². The summed E-state index contributed by atoms with van der Waals surface area (Å²) in [6, 6.07) is 7.62. The molecule has 1 heterocycles. The van der Waals surface area contributed by atoms with E-state index in [0.29, 0.717) is 22.8 Å². The van der Waals surface area contributed by atoms with Crippen LogP contribution in [0, 0.1) is 0 Å². The van der Waals surface area contributed by atoms with E-state index in [4.69, 9.17) is 4.74 Å². The van der Waals surface area contributed by atoms with Crippen molar-refractivity contribution in [3.63, 3.8) is 0 Å². The van der Waals surface area contributed by atoms with Crippen molar-refractivity contribution in [2.75, 3.05) is 6.61 Å². The Bertz CT molecular complexity index is 693. The molecule has 0 radical (unpaired) electrons. The van der Waals surface area contributed by atoms with Gasteiger partial charge in [0.2, 0.25) is 0 Å². The molecule has 2 aromatic rings. The van der Waals surface area contributed by atoms with Crippen LogP contribution in [0.15, 0.2) is 33.5 Å². The van der Waals surface area contributed by atoms with Crippen LogP contribution >= 0.6 is 15.9 Å². The molecule has 1 fully saturated rings. The third-order valence-electron chi connectivity index (χ3n) is 3.29. The summed E-state index contributed by atoms with van der Waals surface area (Å²) >= 11 is 3.34. The molecule has 1 aromatic heterocycles. The lowest BCUT2D eigenvalue weighted by molar-refractivity contribution is 0.341. The zero-order valence-corrected chi connectivity index (χ0v) is 12.7. The van der Waals surface area contributed by atoms with E-state index in [1.807, 2.05) is 31.2 Å². The minimum absolute atomic E-state index is 0.136. The van der Waals surface area contributed by atoms with E-state index >= 15 is 0 Å². The largest absolute Gasteiger partial charge is 0.493 e. The van der Waals surface area contributed by atoms with Crippen LogP contribution in [0.4, 0.5) is 0 Å². The summed E-state index contributed by atoms with van der Waals surface area (Å²) < 4.78 is 6.16. The lowest BCUT2D eigenvalue weighted by Gasteiger charge is -2.10. The third-order valence-corrected chi connectivity index (χ3v) is 4.06. The molecule has 3 rings (SSSR count). The van der Waals surface area contributed by atoms with Crippen LogP contribution in [0.1, 0.15) is 31.4 Å². The molecule has 0 unspecified atom stereocenters. The second-order valence-electron chi connectivity index (χ2n) is 4.82. The average Bonchev–Trinajstić information content (AvgIpc) is 3.27. The van der Waals surface area contributed by atoms with Crippen molar-refractivity contribution in [1.82, 2.24) is 9.97 Å². The van der Waals surface area contributed by atoms with Gasteiger partial charge in [0.05, 0.1) is 17.9 Å². The molecule has 1 aromatic carbocycles. The quantitative estimate of drug-likeness (QED) is 0.931. The van der Waals surface area contributed by atoms with Gasteiger partial charge in [-0.2, -0.15) is 0 Å². The smallest absolute Gasteiger partial charge is 0.265 e. The van der Waals surface area contributed by atoms with Crippen molar-refractivity contribution >= 4 is 15.9 Å². The number of nitrogens with zero attached hydrogens (tertiary/aromatic N) is 1. The van der Waals surface area contributed by atoms with E-state index in [0.717, 1.165) is 29.8 Å². The molecule has 1 N–H and O–H groups in total. The molecule has 0 atom stereocenters. The molecule has 0 amide bonds. The number of rotatable bonds is 4. The first-order valence-corrected chi connectivity index (χ1v) is 7.52. The number of aromatic amines is 1. The van der Waals surface area contributed by atoms with Gasteiger partial charge in [-0.05, 0) is 47.8 Å². The van der Waals surface area contributed by atoms with E-state index in [9.17, 15) is 4.79 Å². The second kappa shape index (κ2) is 5.40. The van der Waals surface area contributed by atoms with Crippen molar-refractivity contribution in [3.8, 4) is 17.1 Å². The first-order valence-electron chi connectivity index (χ1n) is 6.72. The van der Waals surface area contributed by atoms with Crippen LogP contribution < -0.4 is 10.3 Å². The van der Waals surface area contributed by atoms with Gasteiger partial charge in [0, 0.05) is 5.92 Å². The summed E-state index contributed by atoms with van der Waals surface area (Å²) in [5.74, 6) is 1.72. The topological polar surface area (TPSA) is 55.0 Å². The maximum atomic E-state index is 12.1. The highest BCUT2D eigenvalue weighted by Gasteiger charge is 2.29. The number of halogens is 1. The Kier molecular flexibility index (Phi) is 3.61. The van der Waals surface area contributed by atoms with Crippen molar-refractivity contribution < 1.29 is 4.74 Å². The SMILES string of the molecule is CCOc1ccccc1-c1nc(C2CC2)c(Br)c(=O)[nH]1. The van der Waals surface area contributed by atoms with Gasteiger partial charge >= 0.3 is 0 Å². The summed E-state index contributed by atoms with van der Waals surface area (Å²) in [5.41, 5.74) is 1.54. The highest BCUT2D eigenvalue weighted by atomic mass is 79.9. The number of H-pyrrole nitrogens is 1. The predicted octanol–water partition coefficient (Wildman–Crippen LogP) is 3.48. The molecule has 0 aliphatic heterocycles. The Morgan fingerprint density at radius 3 is 2.85 bits per heavy atom. The Labute approximate surface area is 125 Å². The van der Waals surface area contributed by atoms with Gasteiger partial charge in [-0.25, -0.2) is 4.98 Å². The van der Waals surface area contributed by atoms with Crippen LogP contribution in [0.25, 0.3) is 11.4 Å². The highest BCUT2D eigenvalue weighted by molar-refractivity contribution is 9.10. The van der Waals surface area contributed by atoms with Gasteiger partial charge in [0.15, 0.2) is 0 Å². The Hall–Kier alpha value is -1.62. The van der Waals surface area contributed by atoms with Gasteiger partial charge in [0.1, 0.15) is 16.0 Å². The molecule has 4 nitrogen and oxygen atoms in total. The molecular formula is C15H15BrN2O2. The van der Waals surface area contributed by atoms with Gasteiger partial charge in [-0.15, -0.1) is 0 Å². The highest BCUT2D eigenvalue weighted by Crippen LogP contribution is 2.42. The number of nitrogens with one attached hydrogen (secondary N) is 1. The second-order valence-corrected chi connectivity index (χ2v) is 5.61. The minimum atomic E-state index is -0.136. The lowest BCUT2D eigenvalue weighted by Crippen LogP contribution is -2.13. The monoisotopic (exact) mass is 334 g/mol. The fraction of sp³-hybridized carbons (Fsp3) is 0.333. The number of ether oxygens (including phenoxy) is 1. The third kappa shape index (κ3) is 2.50. The van der Waals surface area contributed by atoms with Gasteiger partial charge < -0.3 is 9.72 Å². The number of para-hydroxylation sites is 1. The molecule has 0 bridgehead atoms. The number of hydrogen-bond acceptors (Lipinski definition) is 3. The number of benzene rings is 1. The van der Waals surface area contributed by atoms with Crippen LogP contribution in [0.2, 0.25) is 0 Å². The minimum Gasteiger partial charge on any atom is -0.493 e. The zero-order valence-electron chi connectivity index (χ0n) is 11.1. The standard InChI is InChI=1S/C15H15BrN2O2/c1-2-20-11-6-4-3-5-10(11)14-17-13(9-7-8-9)12(16)15(19)18-14/h3-6,9H,2,7-8H2,1H3,(H,17,18,19). The molecule has 1 aliphatic rings. The fourth-order valence-corrected chi connectivity index (χ4v) is 2.69. The first-order chi connectivity index (χ1) is 9.70. The van der Waals surface area contributed by atoms with Crippen molar-refractivity contribution in [1.29, 1.82) is 0 Å². The normalized spacial score (nSPS) is 14.3. The predicted molar refractivity (Wildman–Crippen MR) is 81.1 cm³/mol. The van der Waals surface area contributed by atoms with E-state index in [2.05, 4.69) is 25.9 Å². The molecule has 5 heteroatoms. The van der Waals surface area contributed by atoms with E-state index < -0.39 is 0 Å². The molecule has 1 saturated carbocycles. The molecule has 1 aliphatic carbocycles. The summed E-state index contributed by atoms with van der Waals surface area (Å²) in [6.45, 7) is 2.51. The summed E-state index contributed by atoms with van der Waals surface area (Å²) in [7, 11) is 0. The van der Waals surface area contributed by atoms with Crippen molar-refractivity contribution in [2.45, 2.75) is 25.7 Å². The van der Waals surface area contributed by atoms with E-state index in [-0.39, 0.29) is 5.56 Å². The molecule has 0 spiro atoms. The Morgan fingerprint density at radius 1 is 1.40 bits per heavy atom. The fourth-order valence-electron chi connectivity index (χ4n) is 2.17. The van der Waals surface area contributed by atoms with Crippen LogP contribution in [0.5, 0.6) is 5.75 Å². The first kappa shape index (κ1) is 13.4. The number of hydrogen-bond donors (Lipinski definition) is 1. The molecule has 20 heavy (non-hydrogen) atoms. The van der Waals surface area contributed by atoms with Crippen LogP contribution in [-0.4, -0.2) is 16.6 Å². The van der Waals surface area contributed by atoms with Crippen LogP contribution in [-0.2, 0) is 0 Å². The zero-order chi connectivity index (χ0) is 14.1. The average molecular weight is 335 g/mol. The lowest BCUT2D eigenvalue weighted by atomic mass is 10.1. The molecule has 104 valence electrons. The maximum Gasteiger partial charge on any atom is 0.265 e. The van der Waals surface area contributed by atoms with Gasteiger partial charge in [-0.1, -0.05) is 12.1 Å². The number of aromatic nitrogens is 2. The van der Waals surface area contributed by atoms with Crippen LogP contribution in [0.3, 0.4) is 0 Å². The molecular weight excluding hydrogens is 320 g/mol. The van der Waals surface area contributed by atoms with Crippen molar-refractivity contribution in [3.05, 3.63) is 44.8 Å². The van der Waals surface area contributed by atoms with Crippen molar-refractivity contribution in [2.24, 2.45) is 0 Å². The summed E-state index contributed by atoms with van der Waals surface area (Å²) in [5, 5.41) is 0. The maximum absolute atomic E-state index is 12.1. The summed E-state index contributed by atoms with van der Waals surface area (Å²) in [4.78, 5) is 19.5.